The number of benzene rings is 1. The van der Waals surface area contributed by atoms with Crippen molar-refractivity contribution in [3.63, 3.8) is 0 Å². The Hall–Kier alpha value is -2.16. The standard InChI is InChI=1S/C21H28N2O/c1-2-3-4-5-10-15-20(24)23-22-18-21(16-11-7-12-17-21)19-13-8-6-9-14-19/h6-9,11-14,16,18H,2-5,10,15,17H2,1H3,(H,23,24). The summed E-state index contributed by atoms with van der Waals surface area (Å²) in [6.45, 7) is 2.19. The molecule has 1 aliphatic rings. The highest BCUT2D eigenvalue weighted by atomic mass is 16.2. The normalized spacial score (nSPS) is 19.7. The van der Waals surface area contributed by atoms with E-state index in [1.54, 1.807) is 0 Å². The molecule has 1 aromatic rings. The minimum atomic E-state index is -0.273. The van der Waals surface area contributed by atoms with E-state index in [2.05, 4.69) is 41.7 Å². The fourth-order valence-corrected chi connectivity index (χ4v) is 2.93. The highest BCUT2D eigenvalue weighted by Gasteiger charge is 2.27. The Bertz CT molecular complexity index is 589. The van der Waals surface area contributed by atoms with Crippen LogP contribution in [0.4, 0.5) is 0 Å². The van der Waals surface area contributed by atoms with Gasteiger partial charge in [0.15, 0.2) is 0 Å². The van der Waals surface area contributed by atoms with E-state index in [-0.39, 0.29) is 11.3 Å². The minimum Gasteiger partial charge on any atom is -0.273 e. The van der Waals surface area contributed by atoms with Crippen LogP contribution in [0, 0.1) is 0 Å². The van der Waals surface area contributed by atoms with Crippen molar-refractivity contribution in [3.05, 3.63) is 60.2 Å². The largest absolute Gasteiger partial charge is 0.273 e. The number of nitrogens with one attached hydrogen (secondary N) is 1. The summed E-state index contributed by atoms with van der Waals surface area (Å²) in [5, 5.41) is 4.25. The number of allylic oxidation sites excluding steroid dienone is 4. The Kier molecular flexibility index (Phi) is 7.47. The first-order valence-corrected chi connectivity index (χ1v) is 9.00. The third kappa shape index (κ3) is 5.48. The Morgan fingerprint density at radius 2 is 1.96 bits per heavy atom. The van der Waals surface area contributed by atoms with Gasteiger partial charge in [0.05, 0.1) is 5.41 Å². The second-order valence-corrected chi connectivity index (χ2v) is 6.36. The van der Waals surface area contributed by atoms with Crippen molar-refractivity contribution in [2.75, 3.05) is 0 Å². The van der Waals surface area contributed by atoms with Gasteiger partial charge in [-0.3, -0.25) is 4.79 Å². The molecule has 1 N–H and O–H groups in total. The van der Waals surface area contributed by atoms with E-state index in [0.29, 0.717) is 6.42 Å². The SMILES string of the molecule is CCCCCCCC(=O)NN=CC1(c2ccccc2)C=CC=CC1. The van der Waals surface area contributed by atoms with Crippen molar-refractivity contribution in [1.82, 2.24) is 5.43 Å². The van der Waals surface area contributed by atoms with Crippen molar-refractivity contribution in [1.29, 1.82) is 0 Å². The van der Waals surface area contributed by atoms with Gasteiger partial charge in [-0.25, -0.2) is 5.43 Å². The molecule has 0 bridgehead atoms. The number of unbranched alkanes of at least 4 members (excludes halogenated alkanes) is 4. The molecule has 3 heteroatoms. The molecule has 0 aliphatic heterocycles. The Balaban J connectivity index is 1.89. The summed E-state index contributed by atoms with van der Waals surface area (Å²) in [4.78, 5) is 11.9. The second-order valence-electron chi connectivity index (χ2n) is 6.36. The predicted molar refractivity (Wildman–Crippen MR) is 101 cm³/mol. The minimum absolute atomic E-state index is 0.00120. The van der Waals surface area contributed by atoms with E-state index in [1.807, 2.05) is 36.6 Å². The van der Waals surface area contributed by atoms with Crippen LogP contribution in [0.5, 0.6) is 0 Å². The average Bonchev–Trinajstić information content (AvgIpc) is 2.63. The average molecular weight is 324 g/mol. The number of hydrogen-bond acceptors (Lipinski definition) is 2. The lowest BCUT2D eigenvalue weighted by Gasteiger charge is -2.27. The van der Waals surface area contributed by atoms with Gasteiger partial charge in [0.1, 0.15) is 0 Å². The molecule has 0 radical (unpaired) electrons. The van der Waals surface area contributed by atoms with Crippen LogP contribution in [0.25, 0.3) is 0 Å². The zero-order valence-electron chi connectivity index (χ0n) is 14.6. The van der Waals surface area contributed by atoms with Gasteiger partial charge in [-0.1, -0.05) is 87.2 Å². The van der Waals surface area contributed by atoms with Crippen LogP contribution >= 0.6 is 0 Å². The van der Waals surface area contributed by atoms with E-state index in [0.717, 1.165) is 19.3 Å². The van der Waals surface area contributed by atoms with Crippen LogP contribution in [0.1, 0.15) is 57.4 Å². The Morgan fingerprint density at radius 1 is 1.17 bits per heavy atom. The molecular weight excluding hydrogens is 296 g/mol. The molecule has 0 aromatic heterocycles. The zero-order valence-corrected chi connectivity index (χ0v) is 14.6. The van der Waals surface area contributed by atoms with Crippen molar-refractivity contribution in [2.24, 2.45) is 5.10 Å². The van der Waals surface area contributed by atoms with Gasteiger partial charge >= 0.3 is 0 Å². The van der Waals surface area contributed by atoms with Gasteiger partial charge in [0, 0.05) is 12.6 Å². The third-order valence-corrected chi connectivity index (χ3v) is 4.40. The topological polar surface area (TPSA) is 41.5 Å². The van der Waals surface area contributed by atoms with Gasteiger partial charge in [0.2, 0.25) is 5.91 Å². The van der Waals surface area contributed by atoms with Gasteiger partial charge in [-0.05, 0) is 18.4 Å². The van der Waals surface area contributed by atoms with E-state index in [9.17, 15) is 4.79 Å². The molecule has 24 heavy (non-hydrogen) atoms. The van der Waals surface area contributed by atoms with Crippen molar-refractivity contribution in [3.8, 4) is 0 Å². The molecule has 0 saturated carbocycles. The molecule has 128 valence electrons. The van der Waals surface area contributed by atoms with Crippen LogP contribution in [0.2, 0.25) is 0 Å². The van der Waals surface area contributed by atoms with Crippen LogP contribution in [0.3, 0.4) is 0 Å². The monoisotopic (exact) mass is 324 g/mol. The van der Waals surface area contributed by atoms with Crippen LogP contribution < -0.4 is 5.43 Å². The van der Waals surface area contributed by atoms with Crippen molar-refractivity contribution in [2.45, 2.75) is 57.3 Å². The van der Waals surface area contributed by atoms with Gasteiger partial charge in [-0.15, -0.1) is 0 Å². The van der Waals surface area contributed by atoms with E-state index in [4.69, 9.17) is 0 Å². The molecule has 1 atom stereocenters. The number of carbonyl (C=O) groups excluding carboxylic acids is 1. The molecule has 0 saturated heterocycles. The molecular formula is C21H28N2O. The Labute approximate surface area is 145 Å². The summed E-state index contributed by atoms with van der Waals surface area (Å²) >= 11 is 0. The number of hydrogen-bond donors (Lipinski definition) is 1. The molecule has 0 heterocycles. The fourth-order valence-electron chi connectivity index (χ4n) is 2.93. The summed E-state index contributed by atoms with van der Waals surface area (Å²) in [5.41, 5.74) is 3.60. The first-order chi connectivity index (χ1) is 11.8. The predicted octanol–water partition coefficient (Wildman–Crippen LogP) is 4.90. The smallest absolute Gasteiger partial charge is 0.240 e. The third-order valence-electron chi connectivity index (χ3n) is 4.40. The Morgan fingerprint density at radius 3 is 2.67 bits per heavy atom. The fraction of sp³-hybridized carbons (Fsp3) is 0.429. The molecule has 3 nitrogen and oxygen atoms in total. The lowest BCUT2D eigenvalue weighted by molar-refractivity contribution is -0.121. The van der Waals surface area contributed by atoms with Crippen molar-refractivity contribution < 1.29 is 4.79 Å². The molecule has 2 rings (SSSR count). The van der Waals surface area contributed by atoms with Gasteiger partial charge in [-0.2, -0.15) is 5.10 Å². The molecule has 1 aliphatic carbocycles. The zero-order chi connectivity index (χ0) is 17.1. The lowest BCUT2D eigenvalue weighted by atomic mass is 9.76. The summed E-state index contributed by atoms with van der Waals surface area (Å²) in [6, 6.07) is 10.3. The lowest BCUT2D eigenvalue weighted by Crippen LogP contribution is -2.28. The highest BCUT2D eigenvalue weighted by molar-refractivity contribution is 5.81. The van der Waals surface area contributed by atoms with Crippen LogP contribution in [-0.2, 0) is 10.2 Å². The first-order valence-electron chi connectivity index (χ1n) is 9.00. The van der Waals surface area contributed by atoms with E-state index in [1.165, 1.54) is 24.8 Å². The summed E-state index contributed by atoms with van der Waals surface area (Å²) < 4.78 is 0. The highest BCUT2D eigenvalue weighted by Crippen LogP contribution is 2.30. The van der Waals surface area contributed by atoms with Crippen molar-refractivity contribution >= 4 is 12.1 Å². The molecule has 0 fully saturated rings. The number of rotatable bonds is 9. The van der Waals surface area contributed by atoms with Crippen LogP contribution in [-0.4, -0.2) is 12.1 Å². The number of carbonyl (C=O) groups is 1. The number of amides is 1. The maximum Gasteiger partial charge on any atom is 0.240 e. The second kappa shape index (κ2) is 9.86. The first kappa shape index (κ1) is 18.2. The van der Waals surface area contributed by atoms with E-state index < -0.39 is 0 Å². The quantitative estimate of drug-likeness (QED) is 0.392. The molecule has 0 spiro atoms. The molecule has 1 aromatic carbocycles. The van der Waals surface area contributed by atoms with Gasteiger partial charge in [0.25, 0.3) is 0 Å². The number of hydrazone groups is 1. The van der Waals surface area contributed by atoms with Crippen LogP contribution in [0.15, 0.2) is 59.7 Å². The summed E-state index contributed by atoms with van der Waals surface area (Å²) in [7, 11) is 0. The summed E-state index contributed by atoms with van der Waals surface area (Å²) in [6.07, 6.45) is 17.4. The number of nitrogens with zero attached hydrogens (tertiary/aromatic N) is 1. The molecule has 1 unspecified atom stereocenters. The maximum atomic E-state index is 11.9. The van der Waals surface area contributed by atoms with Gasteiger partial charge < -0.3 is 0 Å². The maximum absolute atomic E-state index is 11.9. The molecule has 1 amide bonds. The summed E-state index contributed by atoms with van der Waals surface area (Å²) in [5.74, 6) is 0.00120. The van der Waals surface area contributed by atoms with E-state index >= 15 is 0 Å².